The Labute approximate surface area is 199 Å². The van der Waals surface area contributed by atoms with Crippen molar-refractivity contribution in [1.29, 1.82) is 0 Å². The molecule has 0 aromatic heterocycles. The first-order chi connectivity index (χ1) is 15.6. The first-order valence-electron chi connectivity index (χ1n) is 10.9. The summed E-state index contributed by atoms with van der Waals surface area (Å²) < 4.78 is 5.21. The van der Waals surface area contributed by atoms with E-state index in [0.717, 1.165) is 34.1 Å². The van der Waals surface area contributed by atoms with Gasteiger partial charge >= 0.3 is 0 Å². The molecule has 0 atom stereocenters. The molecule has 2 aromatic carbocycles. The van der Waals surface area contributed by atoms with Gasteiger partial charge in [-0.15, -0.1) is 0 Å². The van der Waals surface area contributed by atoms with Gasteiger partial charge in [0.2, 0.25) is 5.91 Å². The van der Waals surface area contributed by atoms with Crippen LogP contribution in [0.25, 0.3) is 6.08 Å². The van der Waals surface area contributed by atoms with Crippen molar-refractivity contribution in [3.05, 3.63) is 59.0 Å². The summed E-state index contributed by atoms with van der Waals surface area (Å²) in [6.07, 6.45) is 5.24. The van der Waals surface area contributed by atoms with Gasteiger partial charge in [-0.05, 0) is 60.3 Å². The fraction of sp³-hybridized carbons (Fsp3) is 0.360. The van der Waals surface area contributed by atoms with Crippen molar-refractivity contribution in [3.63, 3.8) is 0 Å². The number of amides is 2. The lowest BCUT2D eigenvalue weighted by molar-refractivity contribution is -0.122. The zero-order chi connectivity index (χ0) is 22.8. The Hall–Kier alpha value is -2.38. The standard InChI is InChI=1S/C25H30N2O3S2/c1-3-4-15-31-16-7-14-26-24(28)18-27-21-8-5-6-9-22(21)32-23(25(27)29)17-19-10-12-20(30-2)13-11-19/h5-6,8-13,17H,3-4,7,14-16,18H2,1-2H3,(H,26,28). The molecule has 2 aromatic rings. The second-order valence-electron chi connectivity index (χ2n) is 7.41. The molecule has 0 saturated heterocycles. The molecule has 1 aliphatic heterocycles. The third-order valence-electron chi connectivity index (χ3n) is 4.98. The Morgan fingerprint density at radius 3 is 2.62 bits per heavy atom. The fourth-order valence-corrected chi connectivity index (χ4v) is 5.32. The van der Waals surface area contributed by atoms with Crippen LogP contribution in [0.3, 0.4) is 0 Å². The molecule has 170 valence electrons. The highest BCUT2D eigenvalue weighted by Gasteiger charge is 2.30. The number of nitrogens with zero attached hydrogens (tertiary/aromatic N) is 1. The third kappa shape index (κ3) is 6.81. The van der Waals surface area contributed by atoms with Crippen LogP contribution in [0.1, 0.15) is 31.7 Å². The van der Waals surface area contributed by atoms with Crippen LogP contribution >= 0.6 is 23.5 Å². The van der Waals surface area contributed by atoms with Gasteiger partial charge in [0, 0.05) is 11.4 Å². The van der Waals surface area contributed by atoms with E-state index < -0.39 is 0 Å². The first-order valence-corrected chi connectivity index (χ1v) is 12.9. The summed E-state index contributed by atoms with van der Waals surface area (Å²) in [4.78, 5) is 29.0. The van der Waals surface area contributed by atoms with Gasteiger partial charge in [-0.25, -0.2) is 0 Å². The van der Waals surface area contributed by atoms with E-state index in [1.165, 1.54) is 30.4 Å². The topological polar surface area (TPSA) is 58.6 Å². The number of nitrogens with one attached hydrogen (secondary N) is 1. The Balaban J connectivity index is 1.65. The largest absolute Gasteiger partial charge is 0.497 e. The van der Waals surface area contributed by atoms with Gasteiger partial charge in [0.1, 0.15) is 12.3 Å². The lowest BCUT2D eigenvalue weighted by Gasteiger charge is -2.29. The molecule has 0 bridgehead atoms. The predicted molar refractivity (Wildman–Crippen MR) is 135 cm³/mol. The Morgan fingerprint density at radius 2 is 1.88 bits per heavy atom. The smallest absolute Gasteiger partial charge is 0.265 e. The van der Waals surface area contributed by atoms with E-state index in [2.05, 4.69) is 12.2 Å². The normalized spacial score (nSPS) is 14.4. The van der Waals surface area contributed by atoms with Gasteiger partial charge < -0.3 is 10.1 Å². The van der Waals surface area contributed by atoms with E-state index in [1.807, 2.05) is 66.4 Å². The fourth-order valence-electron chi connectivity index (χ4n) is 3.22. The summed E-state index contributed by atoms with van der Waals surface area (Å²) in [7, 11) is 1.62. The number of thioether (sulfide) groups is 2. The van der Waals surface area contributed by atoms with Crippen LogP contribution in [-0.4, -0.2) is 43.5 Å². The summed E-state index contributed by atoms with van der Waals surface area (Å²) in [6.45, 7) is 2.83. The SMILES string of the molecule is CCCCSCCCNC(=O)CN1C(=O)C(=Cc2ccc(OC)cc2)Sc2ccccc21. The average Bonchev–Trinajstić information content (AvgIpc) is 2.81. The zero-order valence-corrected chi connectivity index (χ0v) is 20.3. The molecule has 5 nitrogen and oxygen atoms in total. The number of fused-ring (bicyclic) bond motifs is 1. The maximum absolute atomic E-state index is 13.3. The molecule has 0 fully saturated rings. The van der Waals surface area contributed by atoms with Crippen molar-refractivity contribution in [2.24, 2.45) is 0 Å². The highest BCUT2D eigenvalue weighted by Crippen LogP contribution is 2.41. The minimum atomic E-state index is -0.158. The Kier molecular flexibility index (Phi) is 9.56. The van der Waals surface area contributed by atoms with Crippen LogP contribution < -0.4 is 15.0 Å². The maximum Gasteiger partial charge on any atom is 0.265 e. The molecule has 0 radical (unpaired) electrons. The molecule has 7 heteroatoms. The Morgan fingerprint density at radius 1 is 1.12 bits per heavy atom. The number of hydrogen-bond donors (Lipinski definition) is 1. The molecule has 0 unspecified atom stereocenters. The molecule has 1 N–H and O–H groups in total. The summed E-state index contributed by atoms with van der Waals surface area (Å²) in [6, 6.07) is 15.3. The summed E-state index contributed by atoms with van der Waals surface area (Å²) in [5, 5.41) is 2.96. The second-order valence-corrected chi connectivity index (χ2v) is 9.72. The lowest BCUT2D eigenvalue weighted by Crippen LogP contribution is -2.43. The van der Waals surface area contributed by atoms with Gasteiger partial charge in [-0.1, -0.05) is 49.4 Å². The van der Waals surface area contributed by atoms with Gasteiger partial charge in [-0.3, -0.25) is 14.5 Å². The van der Waals surface area contributed by atoms with Gasteiger partial charge in [0.15, 0.2) is 0 Å². The van der Waals surface area contributed by atoms with Crippen molar-refractivity contribution in [3.8, 4) is 5.75 Å². The molecule has 0 aliphatic carbocycles. The molecule has 32 heavy (non-hydrogen) atoms. The number of carbonyl (C=O) groups is 2. The average molecular weight is 471 g/mol. The quantitative estimate of drug-likeness (QED) is 0.361. The highest BCUT2D eigenvalue weighted by atomic mass is 32.2. The number of rotatable bonds is 11. The van der Waals surface area contributed by atoms with E-state index in [1.54, 1.807) is 12.0 Å². The van der Waals surface area contributed by atoms with E-state index in [0.29, 0.717) is 11.4 Å². The molecule has 0 spiro atoms. The van der Waals surface area contributed by atoms with E-state index in [-0.39, 0.29) is 18.4 Å². The molecule has 1 heterocycles. The monoisotopic (exact) mass is 470 g/mol. The van der Waals surface area contributed by atoms with Crippen molar-refractivity contribution in [1.82, 2.24) is 5.32 Å². The molecule has 0 saturated carbocycles. The number of unbranched alkanes of at least 4 members (excludes halogenated alkanes) is 1. The number of anilines is 1. The first kappa shape index (κ1) is 24.3. The van der Waals surface area contributed by atoms with Crippen molar-refractivity contribution in [2.45, 2.75) is 31.1 Å². The van der Waals surface area contributed by atoms with Gasteiger partial charge in [0.05, 0.1) is 17.7 Å². The minimum absolute atomic E-state index is 0.0132. The highest BCUT2D eigenvalue weighted by molar-refractivity contribution is 8.04. The van der Waals surface area contributed by atoms with Crippen molar-refractivity contribution < 1.29 is 14.3 Å². The predicted octanol–water partition coefficient (Wildman–Crippen LogP) is 5.21. The van der Waals surface area contributed by atoms with Gasteiger partial charge in [0.25, 0.3) is 5.91 Å². The summed E-state index contributed by atoms with van der Waals surface area (Å²) >= 11 is 3.36. The van der Waals surface area contributed by atoms with Crippen molar-refractivity contribution in [2.75, 3.05) is 36.6 Å². The van der Waals surface area contributed by atoms with Crippen LogP contribution in [0.4, 0.5) is 5.69 Å². The van der Waals surface area contributed by atoms with Crippen LogP contribution in [0.15, 0.2) is 58.3 Å². The van der Waals surface area contributed by atoms with Crippen LogP contribution in [0.2, 0.25) is 0 Å². The summed E-state index contributed by atoms with van der Waals surface area (Å²) in [5.74, 6) is 2.68. The molecular formula is C25H30N2O3S2. The van der Waals surface area contributed by atoms with Gasteiger partial charge in [-0.2, -0.15) is 11.8 Å². The van der Waals surface area contributed by atoms with E-state index in [9.17, 15) is 9.59 Å². The van der Waals surface area contributed by atoms with Crippen LogP contribution in [0.5, 0.6) is 5.75 Å². The Bertz CT molecular complexity index is 944. The third-order valence-corrected chi connectivity index (χ3v) is 7.21. The molecule has 3 rings (SSSR count). The number of para-hydroxylation sites is 1. The maximum atomic E-state index is 13.3. The number of methoxy groups -OCH3 is 1. The van der Waals surface area contributed by atoms with E-state index >= 15 is 0 Å². The second kappa shape index (κ2) is 12.6. The molecular weight excluding hydrogens is 440 g/mol. The molecule has 2 amide bonds. The number of ether oxygens (including phenoxy) is 1. The number of hydrogen-bond acceptors (Lipinski definition) is 5. The van der Waals surface area contributed by atoms with E-state index in [4.69, 9.17) is 4.74 Å². The number of benzene rings is 2. The van der Waals surface area contributed by atoms with Crippen molar-refractivity contribution >= 4 is 47.1 Å². The summed E-state index contributed by atoms with van der Waals surface area (Å²) in [5.41, 5.74) is 1.69. The molecule has 1 aliphatic rings. The minimum Gasteiger partial charge on any atom is -0.497 e. The number of carbonyl (C=O) groups excluding carboxylic acids is 2. The van der Waals surface area contributed by atoms with Crippen LogP contribution in [0, 0.1) is 0 Å². The lowest BCUT2D eigenvalue weighted by atomic mass is 10.2. The zero-order valence-electron chi connectivity index (χ0n) is 18.6. The van der Waals surface area contributed by atoms with Crippen LogP contribution in [-0.2, 0) is 9.59 Å².